The van der Waals surface area contributed by atoms with Gasteiger partial charge >= 0.3 is 5.97 Å². The summed E-state index contributed by atoms with van der Waals surface area (Å²) in [7, 11) is 0. The summed E-state index contributed by atoms with van der Waals surface area (Å²) in [5.41, 5.74) is 0.129. The second kappa shape index (κ2) is 5.14. The molecule has 0 heterocycles. The zero-order valence-corrected chi connectivity index (χ0v) is 12.2. The molecule has 0 spiro atoms. The summed E-state index contributed by atoms with van der Waals surface area (Å²) in [6.07, 6.45) is 8.19. The van der Waals surface area contributed by atoms with Gasteiger partial charge in [0.2, 0.25) is 0 Å². The first-order valence-electron chi connectivity index (χ1n) is 7.96. The van der Waals surface area contributed by atoms with Crippen molar-refractivity contribution in [3.05, 3.63) is 0 Å². The van der Waals surface area contributed by atoms with E-state index in [2.05, 4.69) is 5.32 Å². The van der Waals surface area contributed by atoms with Crippen LogP contribution >= 0.6 is 0 Å². The Kier molecular flexibility index (Phi) is 3.61. The van der Waals surface area contributed by atoms with E-state index in [1.54, 1.807) is 6.92 Å². The molecule has 4 saturated carbocycles. The van der Waals surface area contributed by atoms with Gasteiger partial charge in [0.25, 0.3) is 0 Å². The van der Waals surface area contributed by atoms with E-state index in [-0.39, 0.29) is 23.8 Å². The summed E-state index contributed by atoms with van der Waals surface area (Å²) in [5, 5.41) is 12.4. The van der Waals surface area contributed by atoms with E-state index < -0.39 is 5.97 Å². The molecule has 1 atom stereocenters. The summed E-state index contributed by atoms with van der Waals surface area (Å²) >= 11 is 0. The molecule has 4 rings (SSSR count). The lowest BCUT2D eigenvalue weighted by molar-refractivity contribution is -0.137. The van der Waals surface area contributed by atoms with Crippen molar-refractivity contribution in [3.8, 4) is 0 Å². The fraction of sp³-hybridized carbons (Fsp3) is 0.875. The van der Waals surface area contributed by atoms with Crippen molar-refractivity contribution in [3.63, 3.8) is 0 Å². The highest BCUT2D eigenvalue weighted by Gasteiger charge is 2.51. The Balaban J connectivity index is 1.68. The van der Waals surface area contributed by atoms with Gasteiger partial charge in [-0.15, -0.1) is 0 Å². The first-order valence-corrected chi connectivity index (χ1v) is 7.96. The van der Waals surface area contributed by atoms with Crippen molar-refractivity contribution >= 4 is 11.8 Å². The molecule has 0 aliphatic heterocycles. The molecule has 4 aliphatic carbocycles. The van der Waals surface area contributed by atoms with E-state index in [4.69, 9.17) is 5.11 Å². The summed E-state index contributed by atoms with van der Waals surface area (Å²) in [4.78, 5) is 22.6. The third kappa shape index (κ3) is 2.76. The first kappa shape index (κ1) is 14.1. The second-order valence-electron chi connectivity index (χ2n) is 7.44. The Bertz CT molecular complexity index is 383. The van der Waals surface area contributed by atoms with Crippen molar-refractivity contribution in [1.29, 1.82) is 0 Å². The van der Waals surface area contributed by atoms with Gasteiger partial charge in [0, 0.05) is 12.0 Å². The molecule has 0 radical (unpaired) electrons. The SMILES string of the molecule is CC(=O)C(CCC(=O)O)NC12CC3CC(CC(C3)C1)C2. The predicted octanol–water partition coefficient (Wildman–Crippen LogP) is 2.37. The van der Waals surface area contributed by atoms with Crippen LogP contribution in [0.5, 0.6) is 0 Å². The normalized spacial score (nSPS) is 39.8. The molecule has 4 bridgehead atoms. The maximum absolute atomic E-state index is 11.8. The number of ketones is 1. The van der Waals surface area contributed by atoms with Crippen LogP contribution < -0.4 is 5.32 Å². The molecule has 0 amide bonds. The number of aliphatic carboxylic acids is 1. The van der Waals surface area contributed by atoms with Gasteiger partial charge in [0.15, 0.2) is 0 Å². The Labute approximate surface area is 120 Å². The number of carboxylic acids is 1. The van der Waals surface area contributed by atoms with Crippen LogP contribution in [-0.2, 0) is 9.59 Å². The monoisotopic (exact) mass is 279 g/mol. The molecular formula is C16H25NO3. The number of nitrogens with one attached hydrogen (secondary N) is 1. The minimum absolute atomic E-state index is 0.0730. The van der Waals surface area contributed by atoms with Crippen molar-refractivity contribution in [2.24, 2.45) is 17.8 Å². The van der Waals surface area contributed by atoms with Gasteiger partial charge in [-0.1, -0.05) is 0 Å². The topological polar surface area (TPSA) is 66.4 Å². The van der Waals surface area contributed by atoms with E-state index in [0.717, 1.165) is 17.8 Å². The summed E-state index contributed by atoms with van der Waals surface area (Å²) < 4.78 is 0. The molecule has 1 unspecified atom stereocenters. The summed E-state index contributed by atoms with van der Waals surface area (Å²) in [5.74, 6) is 1.77. The summed E-state index contributed by atoms with van der Waals surface area (Å²) in [6, 6.07) is -0.276. The molecule has 0 aromatic heterocycles. The zero-order valence-electron chi connectivity index (χ0n) is 12.2. The number of carboxylic acid groups (broad SMARTS) is 1. The molecule has 4 heteroatoms. The highest BCUT2D eigenvalue weighted by molar-refractivity contribution is 5.82. The highest BCUT2D eigenvalue weighted by atomic mass is 16.4. The quantitative estimate of drug-likeness (QED) is 0.783. The fourth-order valence-electron chi connectivity index (χ4n) is 5.30. The number of hydrogen-bond acceptors (Lipinski definition) is 3. The lowest BCUT2D eigenvalue weighted by Gasteiger charge is -2.57. The van der Waals surface area contributed by atoms with Crippen LogP contribution in [0.15, 0.2) is 0 Å². The van der Waals surface area contributed by atoms with E-state index >= 15 is 0 Å². The molecule has 0 saturated heterocycles. The van der Waals surface area contributed by atoms with Gasteiger partial charge in [-0.25, -0.2) is 0 Å². The van der Waals surface area contributed by atoms with Gasteiger partial charge in [0.1, 0.15) is 5.78 Å². The number of hydrogen-bond donors (Lipinski definition) is 2. The Morgan fingerprint density at radius 2 is 1.65 bits per heavy atom. The molecular weight excluding hydrogens is 254 g/mol. The van der Waals surface area contributed by atoms with Crippen LogP contribution in [0.2, 0.25) is 0 Å². The molecule has 112 valence electrons. The number of rotatable bonds is 6. The minimum atomic E-state index is -0.816. The Morgan fingerprint density at radius 3 is 2.05 bits per heavy atom. The highest BCUT2D eigenvalue weighted by Crippen LogP contribution is 2.55. The maximum Gasteiger partial charge on any atom is 0.303 e. The van der Waals surface area contributed by atoms with Gasteiger partial charge in [-0.05, 0) is 69.6 Å². The van der Waals surface area contributed by atoms with Gasteiger partial charge in [-0.2, -0.15) is 0 Å². The van der Waals surface area contributed by atoms with Crippen molar-refractivity contribution in [2.75, 3.05) is 0 Å². The van der Waals surface area contributed by atoms with Gasteiger partial charge < -0.3 is 10.4 Å². The third-order valence-corrected chi connectivity index (χ3v) is 5.66. The number of carbonyl (C=O) groups excluding carboxylic acids is 1. The van der Waals surface area contributed by atoms with Crippen LogP contribution in [0.1, 0.15) is 58.3 Å². The van der Waals surface area contributed by atoms with E-state index in [0.29, 0.717) is 6.42 Å². The van der Waals surface area contributed by atoms with Crippen LogP contribution in [-0.4, -0.2) is 28.4 Å². The molecule has 4 nitrogen and oxygen atoms in total. The van der Waals surface area contributed by atoms with Crippen LogP contribution in [0.3, 0.4) is 0 Å². The smallest absolute Gasteiger partial charge is 0.303 e. The van der Waals surface area contributed by atoms with E-state index in [1.807, 2.05) is 0 Å². The van der Waals surface area contributed by atoms with Crippen LogP contribution in [0.4, 0.5) is 0 Å². The lowest BCUT2D eigenvalue weighted by Crippen LogP contribution is -2.61. The Morgan fingerprint density at radius 1 is 1.15 bits per heavy atom. The van der Waals surface area contributed by atoms with E-state index in [9.17, 15) is 9.59 Å². The fourth-order valence-corrected chi connectivity index (χ4v) is 5.30. The Hall–Kier alpha value is -0.900. The van der Waals surface area contributed by atoms with Crippen LogP contribution in [0, 0.1) is 17.8 Å². The zero-order chi connectivity index (χ0) is 14.3. The van der Waals surface area contributed by atoms with Crippen LogP contribution in [0.25, 0.3) is 0 Å². The molecule has 4 fully saturated rings. The van der Waals surface area contributed by atoms with E-state index in [1.165, 1.54) is 38.5 Å². The van der Waals surface area contributed by atoms with Gasteiger partial charge in [0.05, 0.1) is 6.04 Å². The minimum Gasteiger partial charge on any atom is -0.481 e. The first-order chi connectivity index (χ1) is 9.46. The third-order valence-electron chi connectivity index (χ3n) is 5.66. The molecule has 0 aromatic rings. The molecule has 20 heavy (non-hydrogen) atoms. The molecule has 2 N–H and O–H groups in total. The average molecular weight is 279 g/mol. The van der Waals surface area contributed by atoms with Crippen molar-refractivity contribution in [2.45, 2.75) is 69.9 Å². The van der Waals surface area contributed by atoms with Crippen molar-refractivity contribution in [1.82, 2.24) is 5.32 Å². The molecule has 0 aromatic carbocycles. The largest absolute Gasteiger partial charge is 0.481 e. The number of carbonyl (C=O) groups is 2. The maximum atomic E-state index is 11.8. The predicted molar refractivity (Wildman–Crippen MR) is 75.4 cm³/mol. The lowest BCUT2D eigenvalue weighted by atomic mass is 9.53. The number of Topliss-reactive ketones (excluding diaryl/α,β-unsaturated/α-hetero) is 1. The standard InChI is InChI=1S/C16H25NO3/c1-10(18)14(2-3-15(19)20)17-16-7-11-4-12(8-16)6-13(5-11)9-16/h11-14,17H,2-9H2,1H3,(H,19,20). The van der Waals surface area contributed by atoms with Gasteiger partial charge in [-0.3, -0.25) is 9.59 Å². The average Bonchev–Trinajstić information content (AvgIpc) is 2.32. The molecule has 4 aliphatic rings. The second-order valence-corrected chi connectivity index (χ2v) is 7.44. The summed E-state index contributed by atoms with van der Waals surface area (Å²) in [6.45, 7) is 1.58. The van der Waals surface area contributed by atoms with Crippen molar-refractivity contribution < 1.29 is 14.7 Å².